The molecule has 1 N–H and O–H groups in total. The fraction of sp³-hybridized carbons (Fsp3) is 0.875. The molecule has 3 nitrogen and oxygen atoms in total. The lowest BCUT2D eigenvalue weighted by atomic mass is 10.2. The molecule has 1 aliphatic rings. The van der Waals surface area contributed by atoms with E-state index in [1.54, 1.807) is 0 Å². The second-order valence-corrected chi connectivity index (χ2v) is 3.78. The number of alkyl halides is 1. The van der Waals surface area contributed by atoms with Gasteiger partial charge < -0.3 is 10.2 Å². The summed E-state index contributed by atoms with van der Waals surface area (Å²) in [6, 6.07) is 0.549. The highest BCUT2D eigenvalue weighted by Gasteiger charge is 2.20. The van der Waals surface area contributed by atoms with Crippen LogP contribution in [0.2, 0.25) is 0 Å². The molecular weight excluding hydrogens is 220 g/mol. The van der Waals surface area contributed by atoms with Crippen molar-refractivity contribution in [2.24, 2.45) is 0 Å². The van der Waals surface area contributed by atoms with Crippen LogP contribution in [-0.2, 0) is 4.79 Å². The molecule has 1 amide bonds. The molecule has 1 rings (SSSR count). The number of nitrogens with zero attached hydrogens (tertiary/aromatic N) is 1. The number of rotatable bonds is 3. The van der Waals surface area contributed by atoms with Gasteiger partial charge in [0.15, 0.2) is 0 Å². The highest BCUT2D eigenvalue weighted by Crippen LogP contribution is 2.13. The molecule has 1 heterocycles. The van der Waals surface area contributed by atoms with Crippen molar-refractivity contribution >= 4 is 21.8 Å². The molecule has 0 aromatic rings. The van der Waals surface area contributed by atoms with E-state index < -0.39 is 0 Å². The number of hydrogen-bond acceptors (Lipinski definition) is 2. The SMILES string of the molecule is CN1CCCC1CNC(=O)CBr. The first-order valence-corrected chi connectivity index (χ1v) is 5.39. The first kappa shape index (κ1) is 9.99. The maximum atomic E-state index is 10.9. The zero-order valence-electron chi connectivity index (χ0n) is 7.35. The smallest absolute Gasteiger partial charge is 0.230 e. The van der Waals surface area contributed by atoms with Gasteiger partial charge in [-0.25, -0.2) is 0 Å². The third kappa shape index (κ3) is 2.75. The van der Waals surface area contributed by atoms with Crippen LogP contribution in [0.4, 0.5) is 0 Å². The summed E-state index contributed by atoms with van der Waals surface area (Å²) >= 11 is 3.11. The second kappa shape index (κ2) is 4.82. The van der Waals surface area contributed by atoms with Crippen LogP contribution in [-0.4, -0.2) is 42.3 Å². The first-order chi connectivity index (χ1) is 5.74. The molecule has 1 atom stereocenters. The number of carbonyl (C=O) groups is 1. The Morgan fingerprint density at radius 1 is 1.75 bits per heavy atom. The van der Waals surface area contributed by atoms with Gasteiger partial charge in [0, 0.05) is 12.6 Å². The Balaban J connectivity index is 2.18. The number of likely N-dealkylation sites (tertiary alicyclic amines) is 1. The Kier molecular flexibility index (Phi) is 4.01. The van der Waals surface area contributed by atoms with E-state index in [2.05, 4.69) is 33.2 Å². The maximum absolute atomic E-state index is 10.9. The lowest BCUT2D eigenvalue weighted by molar-refractivity contribution is -0.118. The summed E-state index contributed by atoms with van der Waals surface area (Å²) in [5, 5.41) is 3.28. The fourth-order valence-corrected chi connectivity index (χ4v) is 1.71. The normalized spacial score (nSPS) is 24.3. The topological polar surface area (TPSA) is 32.3 Å². The van der Waals surface area contributed by atoms with Crippen LogP contribution in [0.15, 0.2) is 0 Å². The Morgan fingerprint density at radius 2 is 2.50 bits per heavy atom. The van der Waals surface area contributed by atoms with Gasteiger partial charge in [0.2, 0.25) is 5.91 Å². The minimum absolute atomic E-state index is 0.0790. The molecule has 1 unspecified atom stereocenters. The highest BCUT2D eigenvalue weighted by molar-refractivity contribution is 9.09. The number of nitrogens with one attached hydrogen (secondary N) is 1. The van der Waals surface area contributed by atoms with E-state index in [0.717, 1.165) is 13.1 Å². The predicted octanol–water partition coefficient (Wildman–Crippen LogP) is 0.592. The van der Waals surface area contributed by atoms with Gasteiger partial charge in [-0.1, -0.05) is 15.9 Å². The summed E-state index contributed by atoms with van der Waals surface area (Å²) in [7, 11) is 2.11. The van der Waals surface area contributed by atoms with Gasteiger partial charge in [0.25, 0.3) is 0 Å². The summed E-state index contributed by atoms with van der Waals surface area (Å²) in [4.78, 5) is 13.2. The summed E-state index contributed by atoms with van der Waals surface area (Å²) in [5.74, 6) is 0.0790. The number of hydrogen-bond donors (Lipinski definition) is 1. The lowest BCUT2D eigenvalue weighted by Gasteiger charge is -2.19. The van der Waals surface area contributed by atoms with E-state index in [1.807, 2.05) is 0 Å². The molecule has 0 saturated carbocycles. The average molecular weight is 235 g/mol. The van der Waals surface area contributed by atoms with Crippen molar-refractivity contribution in [1.82, 2.24) is 10.2 Å². The Hall–Kier alpha value is -0.0900. The van der Waals surface area contributed by atoms with Gasteiger partial charge in [-0.2, -0.15) is 0 Å². The quantitative estimate of drug-likeness (QED) is 0.726. The standard InChI is InChI=1S/C8H15BrN2O/c1-11-4-2-3-7(11)6-10-8(12)5-9/h7H,2-6H2,1H3,(H,10,12). The van der Waals surface area contributed by atoms with Crippen LogP contribution in [0, 0.1) is 0 Å². The van der Waals surface area contributed by atoms with Crippen LogP contribution >= 0.6 is 15.9 Å². The molecule has 0 aromatic carbocycles. The van der Waals surface area contributed by atoms with E-state index in [4.69, 9.17) is 0 Å². The van der Waals surface area contributed by atoms with Crippen LogP contribution in [0.3, 0.4) is 0 Å². The summed E-state index contributed by atoms with van der Waals surface area (Å²) in [6.07, 6.45) is 2.46. The Bertz CT molecular complexity index is 163. The number of carbonyl (C=O) groups excluding carboxylic acids is 1. The van der Waals surface area contributed by atoms with Gasteiger partial charge in [-0.05, 0) is 26.4 Å². The molecule has 0 aliphatic carbocycles. The molecule has 0 spiro atoms. The predicted molar refractivity (Wildman–Crippen MR) is 52.5 cm³/mol. The zero-order valence-corrected chi connectivity index (χ0v) is 8.93. The molecule has 4 heteroatoms. The molecule has 12 heavy (non-hydrogen) atoms. The summed E-state index contributed by atoms with van der Waals surface area (Å²) < 4.78 is 0. The molecule has 70 valence electrons. The van der Waals surface area contributed by atoms with Crippen molar-refractivity contribution < 1.29 is 4.79 Å². The molecular formula is C8H15BrN2O. The van der Waals surface area contributed by atoms with E-state index >= 15 is 0 Å². The third-order valence-electron chi connectivity index (χ3n) is 2.33. The second-order valence-electron chi connectivity index (χ2n) is 3.21. The highest BCUT2D eigenvalue weighted by atomic mass is 79.9. The van der Waals surface area contributed by atoms with Crippen LogP contribution in [0.5, 0.6) is 0 Å². The maximum Gasteiger partial charge on any atom is 0.230 e. The molecule has 0 radical (unpaired) electrons. The zero-order chi connectivity index (χ0) is 8.97. The van der Waals surface area contributed by atoms with Gasteiger partial charge in [-0.3, -0.25) is 4.79 Å². The number of likely N-dealkylation sites (N-methyl/N-ethyl adjacent to an activating group) is 1. The van der Waals surface area contributed by atoms with Crippen LogP contribution in [0.1, 0.15) is 12.8 Å². The first-order valence-electron chi connectivity index (χ1n) is 4.27. The summed E-state index contributed by atoms with van der Waals surface area (Å²) in [5.41, 5.74) is 0. The average Bonchev–Trinajstić information content (AvgIpc) is 2.47. The van der Waals surface area contributed by atoms with E-state index in [-0.39, 0.29) is 5.91 Å². The molecule has 1 aliphatic heterocycles. The van der Waals surface area contributed by atoms with Crippen molar-refractivity contribution in [3.05, 3.63) is 0 Å². The molecule has 0 aromatic heterocycles. The van der Waals surface area contributed by atoms with Gasteiger partial charge in [0.05, 0.1) is 5.33 Å². The van der Waals surface area contributed by atoms with Crippen molar-refractivity contribution in [2.75, 3.05) is 25.5 Å². The van der Waals surface area contributed by atoms with Crippen molar-refractivity contribution in [2.45, 2.75) is 18.9 Å². The molecule has 1 saturated heterocycles. The van der Waals surface area contributed by atoms with Crippen molar-refractivity contribution in [3.8, 4) is 0 Å². The van der Waals surface area contributed by atoms with Crippen LogP contribution in [0.25, 0.3) is 0 Å². The summed E-state index contributed by atoms with van der Waals surface area (Å²) in [6.45, 7) is 1.95. The molecule has 1 fully saturated rings. The minimum atomic E-state index is 0.0790. The molecule has 0 bridgehead atoms. The Labute approximate surface area is 81.6 Å². The largest absolute Gasteiger partial charge is 0.354 e. The minimum Gasteiger partial charge on any atom is -0.354 e. The van der Waals surface area contributed by atoms with E-state index in [9.17, 15) is 4.79 Å². The third-order valence-corrected chi connectivity index (χ3v) is 2.84. The van der Waals surface area contributed by atoms with Gasteiger partial charge >= 0.3 is 0 Å². The monoisotopic (exact) mass is 234 g/mol. The Morgan fingerprint density at radius 3 is 3.00 bits per heavy atom. The van der Waals surface area contributed by atoms with Crippen molar-refractivity contribution in [1.29, 1.82) is 0 Å². The fourth-order valence-electron chi connectivity index (χ4n) is 1.52. The van der Waals surface area contributed by atoms with Crippen LogP contribution < -0.4 is 5.32 Å². The van der Waals surface area contributed by atoms with E-state index in [1.165, 1.54) is 12.8 Å². The lowest BCUT2D eigenvalue weighted by Crippen LogP contribution is -2.38. The van der Waals surface area contributed by atoms with E-state index in [0.29, 0.717) is 11.4 Å². The van der Waals surface area contributed by atoms with Gasteiger partial charge in [-0.15, -0.1) is 0 Å². The van der Waals surface area contributed by atoms with Crippen molar-refractivity contribution in [3.63, 3.8) is 0 Å². The number of halogens is 1. The number of amides is 1. The van der Waals surface area contributed by atoms with Gasteiger partial charge in [0.1, 0.15) is 0 Å².